The molecule has 0 aliphatic rings. The maximum atomic E-state index is 11.5. The van der Waals surface area contributed by atoms with Crippen LogP contribution in [0.3, 0.4) is 0 Å². The molecule has 3 N–H and O–H groups in total. The van der Waals surface area contributed by atoms with Gasteiger partial charge in [0, 0.05) is 0 Å². The molecule has 0 bridgehead atoms. The molecule has 1 rings (SSSR count). The predicted molar refractivity (Wildman–Crippen MR) is 56.4 cm³/mol. The highest BCUT2D eigenvalue weighted by Gasteiger charge is 2.15. The van der Waals surface area contributed by atoms with Gasteiger partial charge in [-0.2, -0.15) is 0 Å². The van der Waals surface area contributed by atoms with E-state index in [0.29, 0.717) is 11.1 Å². The number of hydrogen-bond acceptors (Lipinski definition) is 4. The van der Waals surface area contributed by atoms with E-state index in [1.54, 1.807) is 12.1 Å². The smallest absolute Gasteiger partial charge is 0.338 e. The number of carbonyl (C=O) groups is 2. The largest absolute Gasteiger partial charge is 0.449 e. The molecular weight excluding hydrogens is 210 g/mol. The average Bonchev–Trinajstić information content (AvgIpc) is 2.28. The van der Waals surface area contributed by atoms with E-state index < -0.39 is 18.0 Å². The number of amides is 1. The van der Waals surface area contributed by atoms with Gasteiger partial charge in [-0.15, -0.1) is 0 Å². The number of aliphatic hydroxyl groups is 1. The minimum Gasteiger partial charge on any atom is -0.449 e. The van der Waals surface area contributed by atoms with E-state index >= 15 is 0 Å². The van der Waals surface area contributed by atoms with Crippen LogP contribution in [-0.4, -0.2) is 23.1 Å². The number of benzene rings is 1. The molecule has 1 amide bonds. The lowest BCUT2D eigenvalue weighted by atomic mass is 10.1. The molecule has 1 aromatic carbocycles. The zero-order valence-electron chi connectivity index (χ0n) is 8.84. The molecule has 1 aromatic rings. The number of rotatable bonds is 4. The second-order valence-corrected chi connectivity index (χ2v) is 3.30. The summed E-state index contributed by atoms with van der Waals surface area (Å²) in [5, 5.41) is 8.81. The van der Waals surface area contributed by atoms with E-state index in [-0.39, 0.29) is 6.61 Å². The molecule has 0 aromatic heterocycles. The minimum atomic E-state index is -0.954. The first-order valence-corrected chi connectivity index (χ1v) is 4.74. The highest BCUT2D eigenvalue weighted by atomic mass is 16.5. The second-order valence-electron chi connectivity index (χ2n) is 3.30. The molecule has 0 heterocycles. The molecule has 0 saturated carbocycles. The molecule has 0 unspecified atom stereocenters. The average molecular weight is 223 g/mol. The Kier molecular flexibility index (Phi) is 4.02. The Morgan fingerprint density at radius 1 is 1.38 bits per heavy atom. The van der Waals surface area contributed by atoms with Crippen LogP contribution >= 0.6 is 0 Å². The van der Waals surface area contributed by atoms with Gasteiger partial charge in [-0.25, -0.2) is 4.79 Å². The van der Waals surface area contributed by atoms with Gasteiger partial charge in [0.2, 0.25) is 0 Å². The quantitative estimate of drug-likeness (QED) is 0.714. The molecule has 5 nitrogen and oxygen atoms in total. The summed E-state index contributed by atoms with van der Waals surface area (Å²) in [4.78, 5) is 22.1. The van der Waals surface area contributed by atoms with Crippen molar-refractivity contribution in [2.24, 2.45) is 5.73 Å². The Labute approximate surface area is 92.8 Å². The zero-order valence-corrected chi connectivity index (χ0v) is 8.84. The standard InChI is InChI=1S/C11H13NO4/c1-7(10(12)14)16-11(15)9-4-2-8(6-13)3-5-9/h2-5,7,13H,6H2,1H3,(H2,12,14)/t7-/m0/s1. The minimum absolute atomic E-state index is 0.0903. The van der Waals surface area contributed by atoms with Crippen LogP contribution in [0.15, 0.2) is 24.3 Å². The number of ether oxygens (including phenoxy) is 1. The molecule has 0 fully saturated rings. The molecule has 0 aliphatic heterocycles. The Balaban J connectivity index is 2.69. The van der Waals surface area contributed by atoms with Crippen LogP contribution in [0.4, 0.5) is 0 Å². The SMILES string of the molecule is C[C@H](OC(=O)c1ccc(CO)cc1)C(N)=O. The fourth-order valence-corrected chi connectivity index (χ4v) is 1.03. The summed E-state index contributed by atoms with van der Waals surface area (Å²) in [5.41, 5.74) is 5.96. The van der Waals surface area contributed by atoms with Crippen molar-refractivity contribution in [1.29, 1.82) is 0 Å². The molecule has 5 heteroatoms. The summed E-state index contributed by atoms with van der Waals surface area (Å²) in [6, 6.07) is 6.24. The Hall–Kier alpha value is -1.88. The third kappa shape index (κ3) is 3.06. The number of aliphatic hydroxyl groups excluding tert-OH is 1. The van der Waals surface area contributed by atoms with Gasteiger partial charge in [0.25, 0.3) is 5.91 Å². The van der Waals surface area contributed by atoms with Crippen molar-refractivity contribution in [3.8, 4) is 0 Å². The Morgan fingerprint density at radius 3 is 2.38 bits per heavy atom. The number of carbonyl (C=O) groups excluding carboxylic acids is 2. The first kappa shape index (κ1) is 12.2. The number of nitrogens with two attached hydrogens (primary N) is 1. The van der Waals surface area contributed by atoms with Crippen LogP contribution in [0.2, 0.25) is 0 Å². The van der Waals surface area contributed by atoms with Crippen molar-refractivity contribution in [3.05, 3.63) is 35.4 Å². The lowest BCUT2D eigenvalue weighted by Gasteiger charge is -2.09. The van der Waals surface area contributed by atoms with Gasteiger partial charge in [-0.1, -0.05) is 12.1 Å². The van der Waals surface area contributed by atoms with Crippen molar-refractivity contribution in [3.63, 3.8) is 0 Å². The van der Waals surface area contributed by atoms with Crippen molar-refractivity contribution in [2.75, 3.05) is 0 Å². The van der Waals surface area contributed by atoms with E-state index in [1.807, 2.05) is 0 Å². The summed E-state index contributed by atoms with van der Waals surface area (Å²) in [6.45, 7) is 1.31. The lowest BCUT2D eigenvalue weighted by Crippen LogP contribution is -2.30. The van der Waals surface area contributed by atoms with Crippen molar-refractivity contribution >= 4 is 11.9 Å². The molecular formula is C11H13NO4. The van der Waals surface area contributed by atoms with Crippen LogP contribution in [0.25, 0.3) is 0 Å². The molecule has 16 heavy (non-hydrogen) atoms. The topological polar surface area (TPSA) is 89.6 Å². The predicted octanol–water partition coefficient (Wildman–Crippen LogP) is 0.209. The van der Waals surface area contributed by atoms with Gasteiger partial charge in [0.15, 0.2) is 6.10 Å². The third-order valence-electron chi connectivity index (χ3n) is 2.06. The molecule has 0 spiro atoms. The number of hydrogen-bond donors (Lipinski definition) is 2. The number of esters is 1. The first-order chi connectivity index (χ1) is 7.54. The Bertz CT molecular complexity index is 385. The van der Waals surface area contributed by atoms with Crippen LogP contribution < -0.4 is 5.73 Å². The van der Waals surface area contributed by atoms with Crippen LogP contribution in [-0.2, 0) is 16.1 Å². The molecule has 0 aliphatic carbocycles. The van der Waals surface area contributed by atoms with Gasteiger partial charge in [-0.3, -0.25) is 4.79 Å². The lowest BCUT2D eigenvalue weighted by molar-refractivity contribution is -0.125. The van der Waals surface area contributed by atoms with E-state index in [1.165, 1.54) is 19.1 Å². The van der Waals surface area contributed by atoms with Crippen molar-refractivity contribution in [2.45, 2.75) is 19.6 Å². The monoisotopic (exact) mass is 223 g/mol. The van der Waals surface area contributed by atoms with E-state index in [9.17, 15) is 9.59 Å². The fraction of sp³-hybridized carbons (Fsp3) is 0.273. The van der Waals surface area contributed by atoms with E-state index in [0.717, 1.165) is 0 Å². The molecule has 86 valence electrons. The van der Waals surface area contributed by atoms with Crippen LogP contribution in [0.5, 0.6) is 0 Å². The van der Waals surface area contributed by atoms with Gasteiger partial charge >= 0.3 is 5.97 Å². The summed E-state index contributed by atoms with van der Waals surface area (Å²) in [6.07, 6.45) is -0.954. The maximum Gasteiger partial charge on any atom is 0.338 e. The summed E-state index contributed by atoms with van der Waals surface area (Å²) >= 11 is 0. The van der Waals surface area contributed by atoms with Crippen LogP contribution in [0.1, 0.15) is 22.8 Å². The first-order valence-electron chi connectivity index (χ1n) is 4.74. The summed E-state index contributed by atoms with van der Waals surface area (Å²) in [5.74, 6) is -1.31. The van der Waals surface area contributed by atoms with E-state index in [2.05, 4.69) is 0 Å². The highest BCUT2D eigenvalue weighted by Crippen LogP contribution is 2.07. The van der Waals surface area contributed by atoms with Crippen LogP contribution in [0, 0.1) is 0 Å². The van der Waals surface area contributed by atoms with Gasteiger partial charge in [-0.05, 0) is 24.6 Å². The zero-order chi connectivity index (χ0) is 12.1. The van der Waals surface area contributed by atoms with E-state index in [4.69, 9.17) is 15.6 Å². The molecule has 0 radical (unpaired) electrons. The van der Waals surface area contributed by atoms with Gasteiger partial charge in [0.05, 0.1) is 12.2 Å². The molecule has 1 atom stereocenters. The second kappa shape index (κ2) is 5.27. The van der Waals surface area contributed by atoms with Crippen molar-refractivity contribution < 1.29 is 19.4 Å². The summed E-state index contributed by atoms with van der Waals surface area (Å²) in [7, 11) is 0. The van der Waals surface area contributed by atoms with Gasteiger partial charge < -0.3 is 15.6 Å². The normalized spacial score (nSPS) is 11.9. The Morgan fingerprint density at radius 2 is 1.94 bits per heavy atom. The van der Waals surface area contributed by atoms with Gasteiger partial charge in [0.1, 0.15) is 0 Å². The highest BCUT2D eigenvalue weighted by molar-refractivity contribution is 5.91. The fourth-order valence-electron chi connectivity index (χ4n) is 1.03. The molecule has 0 saturated heterocycles. The third-order valence-corrected chi connectivity index (χ3v) is 2.06. The summed E-state index contributed by atoms with van der Waals surface area (Å²) < 4.78 is 4.80. The maximum absolute atomic E-state index is 11.5. The van der Waals surface area contributed by atoms with Crippen molar-refractivity contribution in [1.82, 2.24) is 0 Å². The number of primary amides is 1.